The van der Waals surface area contributed by atoms with Crippen molar-refractivity contribution < 1.29 is 13.2 Å². The van der Waals surface area contributed by atoms with Crippen molar-refractivity contribution in [3.8, 4) is 0 Å². The summed E-state index contributed by atoms with van der Waals surface area (Å²) in [5.74, 6) is -0.312. The number of benzene rings is 3. The van der Waals surface area contributed by atoms with Gasteiger partial charge in [-0.25, -0.2) is 17.4 Å². The summed E-state index contributed by atoms with van der Waals surface area (Å²) < 4.78 is 29.3. The van der Waals surface area contributed by atoms with Gasteiger partial charge < -0.3 is 5.32 Å². The van der Waals surface area contributed by atoms with E-state index in [-0.39, 0.29) is 21.7 Å². The quantitative estimate of drug-likeness (QED) is 0.289. The van der Waals surface area contributed by atoms with Crippen LogP contribution in [0.25, 0.3) is 11.0 Å². The monoisotopic (exact) mass is 563 g/mol. The third-order valence-electron chi connectivity index (χ3n) is 4.76. The number of nitrogens with zero attached hydrogens (tertiary/aromatic N) is 2. The molecule has 0 spiro atoms. The van der Waals surface area contributed by atoms with E-state index in [9.17, 15) is 13.2 Å². The van der Waals surface area contributed by atoms with Gasteiger partial charge in [0.05, 0.1) is 27.4 Å². The van der Waals surface area contributed by atoms with Crippen molar-refractivity contribution >= 4 is 71.9 Å². The Morgan fingerprint density at radius 3 is 2.48 bits per heavy atom. The van der Waals surface area contributed by atoms with Gasteiger partial charge in [-0.2, -0.15) is 0 Å². The van der Waals surface area contributed by atoms with Crippen molar-refractivity contribution in [2.45, 2.75) is 23.9 Å². The molecule has 170 valence electrons. The van der Waals surface area contributed by atoms with Crippen LogP contribution in [0.1, 0.15) is 11.1 Å². The molecule has 1 heterocycles. The summed E-state index contributed by atoms with van der Waals surface area (Å²) in [6.07, 6.45) is 0. The number of hydrogen-bond acceptors (Lipinski definition) is 5. The molecule has 0 unspecified atom stereocenters. The predicted molar refractivity (Wildman–Crippen MR) is 137 cm³/mol. The molecule has 0 saturated carbocycles. The lowest BCUT2D eigenvalue weighted by molar-refractivity contribution is -0.113. The lowest BCUT2D eigenvalue weighted by Crippen LogP contribution is -2.17. The van der Waals surface area contributed by atoms with Crippen LogP contribution in [0, 0.1) is 13.8 Å². The molecule has 10 heteroatoms. The number of anilines is 1. The Kier molecular flexibility index (Phi) is 6.86. The smallest absolute Gasteiger partial charge is 0.270 e. The summed E-state index contributed by atoms with van der Waals surface area (Å²) >= 11 is 10.6. The van der Waals surface area contributed by atoms with Gasteiger partial charge in [0.1, 0.15) is 0 Å². The van der Waals surface area contributed by atoms with Crippen LogP contribution < -0.4 is 5.32 Å². The van der Waals surface area contributed by atoms with Gasteiger partial charge >= 0.3 is 0 Å². The molecule has 4 aromatic rings. The second-order valence-electron chi connectivity index (χ2n) is 7.44. The van der Waals surface area contributed by atoms with Crippen molar-refractivity contribution in [3.63, 3.8) is 0 Å². The third-order valence-corrected chi connectivity index (χ3v) is 8.42. The fourth-order valence-electron chi connectivity index (χ4n) is 3.39. The summed E-state index contributed by atoms with van der Waals surface area (Å²) in [5.41, 5.74) is 3.12. The first-order chi connectivity index (χ1) is 15.6. The maximum absolute atomic E-state index is 13.7. The van der Waals surface area contributed by atoms with Crippen LogP contribution in [0.15, 0.2) is 75.2 Å². The summed E-state index contributed by atoms with van der Waals surface area (Å²) in [7, 11) is -3.99. The molecule has 0 aliphatic carbocycles. The zero-order valence-corrected chi connectivity index (χ0v) is 21.6. The average molecular weight is 565 g/mol. The van der Waals surface area contributed by atoms with Gasteiger partial charge in [-0.05, 0) is 83.4 Å². The van der Waals surface area contributed by atoms with Crippen LogP contribution in [-0.2, 0) is 14.8 Å². The largest absolute Gasteiger partial charge is 0.324 e. The number of carbonyl (C=O) groups is 1. The van der Waals surface area contributed by atoms with Crippen molar-refractivity contribution in [2.24, 2.45) is 0 Å². The molecule has 3 aromatic carbocycles. The van der Waals surface area contributed by atoms with Crippen LogP contribution in [0.2, 0.25) is 5.02 Å². The highest BCUT2D eigenvalue weighted by atomic mass is 79.9. The fourth-order valence-corrected chi connectivity index (χ4v) is 6.64. The lowest BCUT2D eigenvalue weighted by atomic mass is 10.2. The maximum Gasteiger partial charge on any atom is 0.270 e. The van der Waals surface area contributed by atoms with Gasteiger partial charge in [0, 0.05) is 9.50 Å². The Hall–Kier alpha value is -2.33. The van der Waals surface area contributed by atoms with E-state index in [1.165, 1.54) is 3.97 Å². The molecule has 0 radical (unpaired) electrons. The lowest BCUT2D eigenvalue weighted by Gasteiger charge is -2.12. The van der Waals surface area contributed by atoms with Crippen molar-refractivity contribution in [1.29, 1.82) is 0 Å². The minimum Gasteiger partial charge on any atom is -0.324 e. The highest BCUT2D eigenvalue weighted by molar-refractivity contribution is 9.10. The molecule has 6 nitrogen and oxygen atoms in total. The first-order valence-electron chi connectivity index (χ1n) is 9.84. The first kappa shape index (κ1) is 23.8. The zero-order valence-electron chi connectivity index (χ0n) is 17.7. The SMILES string of the molecule is Cc1cc(C)cc(S(=O)(=O)n2c(SCC(=O)Nc3ccccc3Br)nc3ccc(Cl)cc32)c1. The van der Waals surface area contributed by atoms with Crippen LogP contribution in [0.3, 0.4) is 0 Å². The second-order valence-corrected chi connectivity index (χ2v) is 11.5. The first-order valence-corrected chi connectivity index (χ1v) is 13.4. The third kappa shape index (κ3) is 5.11. The topological polar surface area (TPSA) is 81.1 Å². The van der Waals surface area contributed by atoms with Crippen molar-refractivity contribution in [3.05, 3.63) is 81.3 Å². The molecule has 1 N–H and O–H groups in total. The van der Waals surface area contributed by atoms with Crippen molar-refractivity contribution in [2.75, 3.05) is 11.1 Å². The van der Waals surface area contributed by atoms with Gasteiger partial charge in [-0.1, -0.05) is 41.6 Å². The van der Waals surface area contributed by atoms with Crippen LogP contribution in [0.5, 0.6) is 0 Å². The van der Waals surface area contributed by atoms with E-state index < -0.39 is 10.0 Å². The minimum absolute atomic E-state index is 0.0270. The van der Waals surface area contributed by atoms with Gasteiger partial charge in [0.25, 0.3) is 10.0 Å². The molecule has 33 heavy (non-hydrogen) atoms. The normalized spacial score (nSPS) is 11.6. The summed E-state index contributed by atoms with van der Waals surface area (Å²) in [4.78, 5) is 17.2. The molecule has 0 aliphatic heterocycles. The molecular formula is C23H19BrClN3O3S2. The number of thioether (sulfide) groups is 1. The van der Waals surface area contributed by atoms with E-state index >= 15 is 0 Å². The van der Waals surface area contributed by atoms with E-state index in [4.69, 9.17) is 11.6 Å². The number of rotatable bonds is 6. The number of amides is 1. The molecule has 4 rings (SSSR count). The molecule has 0 bridgehead atoms. The number of aromatic nitrogens is 2. The second kappa shape index (κ2) is 9.50. The van der Waals surface area contributed by atoms with E-state index in [2.05, 4.69) is 26.2 Å². The number of halogens is 2. The Bertz CT molecular complexity index is 1470. The summed E-state index contributed by atoms with van der Waals surface area (Å²) in [5, 5.41) is 3.39. The van der Waals surface area contributed by atoms with E-state index in [1.807, 2.05) is 38.1 Å². The number of fused-ring (bicyclic) bond motifs is 1. The van der Waals surface area contributed by atoms with Gasteiger partial charge in [-0.3, -0.25) is 4.79 Å². The summed E-state index contributed by atoms with van der Waals surface area (Å²) in [6, 6.07) is 17.3. The highest BCUT2D eigenvalue weighted by Gasteiger charge is 2.26. The number of imidazole rings is 1. The Balaban J connectivity index is 1.72. The van der Waals surface area contributed by atoms with E-state index in [1.54, 1.807) is 36.4 Å². The maximum atomic E-state index is 13.7. The number of para-hydroxylation sites is 1. The standard InChI is InChI=1S/C23H19BrClN3O3S2/c1-14-9-15(2)11-17(10-14)33(30,31)28-21-12-16(25)7-8-20(21)27-23(28)32-13-22(29)26-19-6-4-3-5-18(19)24/h3-12H,13H2,1-2H3,(H,26,29). The van der Waals surface area contributed by atoms with E-state index in [0.29, 0.717) is 21.7 Å². The zero-order chi connectivity index (χ0) is 23.8. The Morgan fingerprint density at radius 1 is 1.09 bits per heavy atom. The minimum atomic E-state index is -3.99. The van der Waals surface area contributed by atoms with Crippen molar-refractivity contribution in [1.82, 2.24) is 8.96 Å². The number of hydrogen-bond donors (Lipinski definition) is 1. The van der Waals surface area contributed by atoms with Gasteiger partial charge in [0.2, 0.25) is 5.91 Å². The number of aryl methyl sites for hydroxylation is 2. The Morgan fingerprint density at radius 2 is 1.79 bits per heavy atom. The Labute approximate surface area is 209 Å². The van der Waals surface area contributed by atoms with Gasteiger partial charge in [-0.15, -0.1) is 0 Å². The van der Waals surface area contributed by atoms with Gasteiger partial charge in [0.15, 0.2) is 5.16 Å². The van der Waals surface area contributed by atoms with Crippen LogP contribution >= 0.6 is 39.3 Å². The molecule has 0 aliphatic rings. The molecule has 0 saturated heterocycles. The fraction of sp³-hybridized carbons (Fsp3) is 0.130. The number of nitrogens with one attached hydrogen (secondary N) is 1. The molecular weight excluding hydrogens is 546 g/mol. The molecule has 1 amide bonds. The molecule has 0 fully saturated rings. The molecule has 0 atom stereocenters. The molecule has 1 aromatic heterocycles. The average Bonchev–Trinajstić information content (AvgIpc) is 3.11. The predicted octanol–water partition coefficient (Wildman–Crippen LogP) is 6.04. The summed E-state index contributed by atoms with van der Waals surface area (Å²) in [6.45, 7) is 3.69. The van der Waals surface area contributed by atoms with Crippen LogP contribution in [-0.4, -0.2) is 29.0 Å². The van der Waals surface area contributed by atoms with E-state index in [0.717, 1.165) is 27.4 Å². The van der Waals surface area contributed by atoms with Crippen LogP contribution in [0.4, 0.5) is 5.69 Å². The number of carbonyl (C=O) groups excluding carboxylic acids is 1. The highest BCUT2D eigenvalue weighted by Crippen LogP contribution is 2.31.